The molecular weight excluding hydrogens is 290 g/mol. The van der Waals surface area contributed by atoms with E-state index in [1.165, 1.54) is 0 Å². The highest BCUT2D eigenvalue weighted by atomic mass is 16.2. The van der Waals surface area contributed by atoms with Crippen LogP contribution in [-0.4, -0.2) is 53.3 Å². The zero-order chi connectivity index (χ0) is 16.1. The van der Waals surface area contributed by atoms with Crippen LogP contribution in [0.5, 0.6) is 0 Å². The van der Waals surface area contributed by atoms with Gasteiger partial charge in [-0.2, -0.15) is 0 Å². The molecule has 0 bridgehead atoms. The van der Waals surface area contributed by atoms with Crippen LogP contribution in [0.3, 0.4) is 0 Å². The van der Waals surface area contributed by atoms with E-state index in [1.54, 1.807) is 11.1 Å². The molecule has 5 heteroatoms. The molecule has 0 radical (unpaired) electrons. The molecule has 1 aliphatic rings. The molecule has 1 saturated heterocycles. The van der Waals surface area contributed by atoms with Crippen molar-refractivity contribution in [1.29, 1.82) is 0 Å². The average Bonchev–Trinajstić information content (AvgIpc) is 2.64. The summed E-state index contributed by atoms with van der Waals surface area (Å²) in [7, 11) is 0. The van der Waals surface area contributed by atoms with E-state index in [9.17, 15) is 9.59 Å². The third kappa shape index (κ3) is 3.39. The summed E-state index contributed by atoms with van der Waals surface area (Å²) < 4.78 is 0. The number of benzene rings is 1. The van der Waals surface area contributed by atoms with Crippen molar-refractivity contribution in [1.82, 2.24) is 14.8 Å². The predicted molar refractivity (Wildman–Crippen MR) is 86.7 cm³/mol. The average molecular weight is 309 g/mol. The minimum absolute atomic E-state index is 0.0421. The molecule has 1 aromatic heterocycles. The minimum atomic E-state index is -0.403. The largest absolute Gasteiger partial charge is 0.342 e. The standard InChI is InChI=1S/C18H19N3O2/c22-14-20-10-12-21(13-11-20)18(23)17(15-6-2-1-3-7-15)16-8-4-5-9-19-16/h1-9,14,17H,10-13H2. The number of rotatable bonds is 4. The van der Waals surface area contributed by atoms with Gasteiger partial charge in [0.05, 0.1) is 5.69 Å². The lowest BCUT2D eigenvalue weighted by Gasteiger charge is -2.34. The number of carbonyl (C=O) groups excluding carboxylic acids is 2. The summed E-state index contributed by atoms with van der Waals surface area (Å²) in [5.74, 6) is -0.361. The van der Waals surface area contributed by atoms with Crippen molar-refractivity contribution in [3.63, 3.8) is 0 Å². The Morgan fingerprint density at radius 1 is 1.00 bits per heavy atom. The van der Waals surface area contributed by atoms with E-state index < -0.39 is 5.92 Å². The number of hydrogen-bond donors (Lipinski definition) is 0. The number of amides is 2. The molecule has 5 nitrogen and oxygen atoms in total. The van der Waals surface area contributed by atoms with Crippen molar-refractivity contribution in [3.05, 3.63) is 66.0 Å². The van der Waals surface area contributed by atoms with Gasteiger partial charge in [-0.3, -0.25) is 14.6 Å². The predicted octanol–water partition coefficient (Wildman–Crippen LogP) is 1.51. The van der Waals surface area contributed by atoms with Gasteiger partial charge in [0.2, 0.25) is 12.3 Å². The number of aromatic nitrogens is 1. The summed E-state index contributed by atoms with van der Waals surface area (Å²) >= 11 is 0. The monoisotopic (exact) mass is 309 g/mol. The number of nitrogens with zero attached hydrogens (tertiary/aromatic N) is 3. The third-order valence-electron chi connectivity index (χ3n) is 4.14. The zero-order valence-electron chi connectivity index (χ0n) is 12.8. The topological polar surface area (TPSA) is 53.5 Å². The van der Waals surface area contributed by atoms with Crippen molar-refractivity contribution >= 4 is 12.3 Å². The van der Waals surface area contributed by atoms with E-state index in [4.69, 9.17) is 0 Å². The first-order valence-electron chi connectivity index (χ1n) is 7.73. The van der Waals surface area contributed by atoms with Crippen LogP contribution in [0.15, 0.2) is 54.7 Å². The van der Waals surface area contributed by atoms with Crippen LogP contribution in [0.4, 0.5) is 0 Å². The van der Waals surface area contributed by atoms with Crippen molar-refractivity contribution in [3.8, 4) is 0 Å². The normalized spacial score (nSPS) is 16.0. The number of hydrogen-bond acceptors (Lipinski definition) is 3. The molecule has 0 spiro atoms. The van der Waals surface area contributed by atoms with Gasteiger partial charge in [-0.15, -0.1) is 0 Å². The Balaban J connectivity index is 1.87. The van der Waals surface area contributed by atoms with Crippen molar-refractivity contribution in [2.24, 2.45) is 0 Å². The molecule has 0 N–H and O–H groups in total. The molecule has 118 valence electrons. The van der Waals surface area contributed by atoms with Crippen LogP contribution < -0.4 is 0 Å². The van der Waals surface area contributed by atoms with Gasteiger partial charge in [0.15, 0.2) is 0 Å². The van der Waals surface area contributed by atoms with Gasteiger partial charge >= 0.3 is 0 Å². The fourth-order valence-electron chi connectivity index (χ4n) is 2.86. The Hall–Kier alpha value is -2.69. The Kier molecular flexibility index (Phi) is 4.66. The molecule has 0 aliphatic carbocycles. The maximum absolute atomic E-state index is 13.1. The first kappa shape index (κ1) is 15.2. The van der Waals surface area contributed by atoms with Crippen LogP contribution in [0, 0.1) is 0 Å². The van der Waals surface area contributed by atoms with Crippen molar-refractivity contribution < 1.29 is 9.59 Å². The first-order chi connectivity index (χ1) is 11.3. The van der Waals surface area contributed by atoms with Crippen molar-refractivity contribution in [2.45, 2.75) is 5.92 Å². The Bertz CT molecular complexity index is 613. The van der Waals surface area contributed by atoms with Gasteiger partial charge in [0, 0.05) is 32.4 Å². The minimum Gasteiger partial charge on any atom is -0.342 e. The molecule has 1 fully saturated rings. The maximum Gasteiger partial charge on any atom is 0.236 e. The molecule has 1 atom stereocenters. The van der Waals surface area contributed by atoms with E-state index in [1.807, 2.05) is 53.4 Å². The van der Waals surface area contributed by atoms with E-state index in [0.29, 0.717) is 26.2 Å². The number of carbonyl (C=O) groups is 2. The second kappa shape index (κ2) is 7.05. The van der Waals surface area contributed by atoms with Gasteiger partial charge in [0.25, 0.3) is 0 Å². The van der Waals surface area contributed by atoms with E-state index in [0.717, 1.165) is 17.7 Å². The number of pyridine rings is 1. The third-order valence-corrected chi connectivity index (χ3v) is 4.14. The molecule has 23 heavy (non-hydrogen) atoms. The molecular formula is C18H19N3O2. The summed E-state index contributed by atoms with van der Waals surface area (Å²) in [4.78, 5) is 31.8. The second-order valence-corrected chi connectivity index (χ2v) is 5.56. The van der Waals surface area contributed by atoms with Gasteiger partial charge in [0.1, 0.15) is 5.92 Å². The molecule has 0 saturated carbocycles. The van der Waals surface area contributed by atoms with Crippen LogP contribution >= 0.6 is 0 Å². The van der Waals surface area contributed by atoms with Gasteiger partial charge < -0.3 is 9.80 Å². The van der Waals surface area contributed by atoms with Crippen LogP contribution in [0.25, 0.3) is 0 Å². The SMILES string of the molecule is O=CN1CCN(C(=O)C(c2ccccc2)c2ccccn2)CC1. The van der Waals surface area contributed by atoms with Crippen molar-refractivity contribution in [2.75, 3.05) is 26.2 Å². The molecule has 1 unspecified atom stereocenters. The Labute approximate surface area is 135 Å². The summed E-state index contributed by atoms with van der Waals surface area (Å²) in [6.45, 7) is 2.29. The highest BCUT2D eigenvalue weighted by Crippen LogP contribution is 2.25. The van der Waals surface area contributed by atoms with Crippen LogP contribution in [-0.2, 0) is 9.59 Å². The van der Waals surface area contributed by atoms with E-state index in [-0.39, 0.29) is 5.91 Å². The summed E-state index contributed by atoms with van der Waals surface area (Å²) in [5.41, 5.74) is 1.69. The highest BCUT2D eigenvalue weighted by Gasteiger charge is 2.30. The summed E-state index contributed by atoms with van der Waals surface area (Å²) in [6, 6.07) is 15.3. The van der Waals surface area contributed by atoms with Gasteiger partial charge in [-0.25, -0.2) is 0 Å². The molecule has 1 aromatic carbocycles. The summed E-state index contributed by atoms with van der Waals surface area (Å²) in [6.07, 6.45) is 2.55. The smallest absolute Gasteiger partial charge is 0.236 e. The number of piperazine rings is 1. The van der Waals surface area contributed by atoms with E-state index >= 15 is 0 Å². The lowest BCUT2D eigenvalue weighted by atomic mass is 9.93. The van der Waals surface area contributed by atoms with Gasteiger partial charge in [-0.1, -0.05) is 36.4 Å². The fourth-order valence-corrected chi connectivity index (χ4v) is 2.86. The second-order valence-electron chi connectivity index (χ2n) is 5.56. The quantitative estimate of drug-likeness (QED) is 0.805. The lowest BCUT2D eigenvalue weighted by Crippen LogP contribution is -2.49. The summed E-state index contributed by atoms with van der Waals surface area (Å²) in [5, 5.41) is 0. The molecule has 1 aliphatic heterocycles. The highest BCUT2D eigenvalue weighted by molar-refractivity contribution is 5.87. The zero-order valence-corrected chi connectivity index (χ0v) is 12.8. The van der Waals surface area contributed by atoms with Crippen LogP contribution in [0.2, 0.25) is 0 Å². The first-order valence-corrected chi connectivity index (χ1v) is 7.73. The molecule has 2 heterocycles. The van der Waals surface area contributed by atoms with Crippen LogP contribution in [0.1, 0.15) is 17.2 Å². The maximum atomic E-state index is 13.1. The lowest BCUT2D eigenvalue weighted by molar-refractivity contribution is -0.135. The van der Waals surface area contributed by atoms with Gasteiger partial charge in [-0.05, 0) is 17.7 Å². The molecule has 3 rings (SSSR count). The van der Waals surface area contributed by atoms with E-state index in [2.05, 4.69) is 4.98 Å². The fraction of sp³-hybridized carbons (Fsp3) is 0.278. The molecule has 2 amide bonds. The Morgan fingerprint density at radius 3 is 2.30 bits per heavy atom. The molecule has 2 aromatic rings. The Morgan fingerprint density at radius 2 is 1.70 bits per heavy atom.